The third-order valence-electron chi connectivity index (χ3n) is 3.27. The maximum absolute atomic E-state index is 4.18. The van der Waals surface area contributed by atoms with Gasteiger partial charge in [0.25, 0.3) is 0 Å². The first-order valence-corrected chi connectivity index (χ1v) is 7.52. The molecule has 1 atom stereocenters. The van der Waals surface area contributed by atoms with Crippen LogP contribution in [0.3, 0.4) is 0 Å². The number of anilines is 1. The van der Waals surface area contributed by atoms with Gasteiger partial charge in [0, 0.05) is 28.5 Å². The second-order valence-corrected chi connectivity index (χ2v) is 5.62. The van der Waals surface area contributed by atoms with Crippen LogP contribution in [0.25, 0.3) is 10.4 Å². The van der Waals surface area contributed by atoms with Crippen LogP contribution >= 0.6 is 11.3 Å². The summed E-state index contributed by atoms with van der Waals surface area (Å²) < 4.78 is 0. The molecule has 0 aliphatic carbocycles. The third-order valence-corrected chi connectivity index (χ3v) is 4.17. The molecule has 2 aromatic heterocycles. The van der Waals surface area contributed by atoms with Crippen molar-refractivity contribution < 1.29 is 0 Å². The maximum atomic E-state index is 4.18. The number of thiophene rings is 1. The molecule has 20 heavy (non-hydrogen) atoms. The number of para-hydroxylation sites is 1. The van der Waals surface area contributed by atoms with E-state index in [-0.39, 0.29) is 6.04 Å². The minimum absolute atomic E-state index is 0.227. The largest absolute Gasteiger partial charge is 0.378 e. The van der Waals surface area contributed by atoms with Gasteiger partial charge in [-0.05, 0) is 36.1 Å². The predicted octanol–water partition coefficient (Wildman–Crippen LogP) is 4.98. The Morgan fingerprint density at radius 3 is 2.70 bits per heavy atom. The molecule has 0 fully saturated rings. The van der Waals surface area contributed by atoms with Gasteiger partial charge in [-0.2, -0.15) is 0 Å². The molecule has 0 spiro atoms. The van der Waals surface area contributed by atoms with E-state index in [4.69, 9.17) is 0 Å². The van der Waals surface area contributed by atoms with Crippen molar-refractivity contribution in [1.29, 1.82) is 0 Å². The second kappa shape index (κ2) is 5.88. The fourth-order valence-corrected chi connectivity index (χ4v) is 2.97. The van der Waals surface area contributed by atoms with E-state index >= 15 is 0 Å². The molecule has 1 aromatic carbocycles. The van der Waals surface area contributed by atoms with Gasteiger partial charge >= 0.3 is 0 Å². The van der Waals surface area contributed by atoms with Crippen LogP contribution in [0, 0.1) is 0 Å². The summed E-state index contributed by atoms with van der Waals surface area (Å²) in [6.45, 7) is 2.15. The average molecular weight is 280 g/mol. The SMILES string of the molecule is CC(Nc1ccccc1-c1cccs1)c1cccnc1. The topological polar surface area (TPSA) is 24.9 Å². The summed E-state index contributed by atoms with van der Waals surface area (Å²) >= 11 is 1.76. The Labute approximate surface area is 123 Å². The third kappa shape index (κ3) is 2.73. The summed E-state index contributed by atoms with van der Waals surface area (Å²) in [7, 11) is 0. The van der Waals surface area contributed by atoms with Crippen LogP contribution in [0.2, 0.25) is 0 Å². The van der Waals surface area contributed by atoms with Crippen molar-refractivity contribution in [1.82, 2.24) is 4.98 Å². The second-order valence-electron chi connectivity index (χ2n) is 4.68. The molecule has 2 nitrogen and oxygen atoms in total. The molecule has 100 valence electrons. The summed E-state index contributed by atoms with van der Waals surface area (Å²) in [5.41, 5.74) is 3.60. The van der Waals surface area contributed by atoms with Gasteiger partial charge in [0.1, 0.15) is 0 Å². The zero-order valence-electron chi connectivity index (χ0n) is 11.3. The average Bonchev–Trinajstić information content (AvgIpc) is 3.03. The molecule has 0 radical (unpaired) electrons. The molecule has 0 saturated carbocycles. The van der Waals surface area contributed by atoms with Crippen LogP contribution in [-0.2, 0) is 0 Å². The first-order valence-electron chi connectivity index (χ1n) is 6.64. The number of benzene rings is 1. The molecule has 0 aliphatic heterocycles. The maximum Gasteiger partial charge on any atom is 0.0501 e. The zero-order valence-corrected chi connectivity index (χ0v) is 12.1. The van der Waals surface area contributed by atoms with E-state index in [1.807, 2.05) is 12.3 Å². The quantitative estimate of drug-likeness (QED) is 0.728. The first-order chi connectivity index (χ1) is 9.84. The lowest BCUT2D eigenvalue weighted by molar-refractivity contribution is 0.876. The van der Waals surface area contributed by atoms with E-state index in [2.05, 4.69) is 65.1 Å². The lowest BCUT2D eigenvalue weighted by Crippen LogP contribution is -2.07. The summed E-state index contributed by atoms with van der Waals surface area (Å²) in [5, 5.41) is 5.69. The Hall–Kier alpha value is -2.13. The summed E-state index contributed by atoms with van der Waals surface area (Å²) in [5.74, 6) is 0. The Morgan fingerprint density at radius 1 is 1.05 bits per heavy atom. The van der Waals surface area contributed by atoms with Crippen molar-refractivity contribution >= 4 is 17.0 Å². The molecule has 0 amide bonds. The van der Waals surface area contributed by atoms with E-state index in [0.717, 1.165) is 5.69 Å². The molecule has 3 heteroatoms. The van der Waals surface area contributed by atoms with Gasteiger partial charge in [-0.1, -0.05) is 30.3 Å². The van der Waals surface area contributed by atoms with Gasteiger partial charge in [-0.3, -0.25) is 4.98 Å². The number of rotatable bonds is 4. The number of aromatic nitrogens is 1. The molecular weight excluding hydrogens is 264 g/mol. The minimum atomic E-state index is 0.227. The molecule has 0 bridgehead atoms. The lowest BCUT2D eigenvalue weighted by atomic mass is 10.1. The summed E-state index contributed by atoms with van der Waals surface area (Å²) in [6, 6.07) is 17.0. The van der Waals surface area contributed by atoms with E-state index in [0.29, 0.717) is 0 Å². The smallest absolute Gasteiger partial charge is 0.0501 e. The van der Waals surface area contributed by atoms with E-state index < -0.39 is 0 Å². The highest BCUT2D eigenvalue weighted by molar-refractivity contribution is 7.13. The van der Waals surface area contributed by atoms with Crippen LogP contribution < -0.4 is 5.32 Å². The first kappa shape index (κ1) is 12.9. The summed E-state index contributed by atoms with van der Waals surface area (Å²) in [4.78, 5) is 5.47. The fourth-order valence-electron chi connectivity index (χ4n) is 2.20. The van der Waals surface area contributed by atoms with Crippen LogP contribution in [0.1, 0.15) is 18.5 Å². The van der Waals surface area contributed by atoms with Gasteiger partial charge in [0.15, 0.2) is 0 Å². The van der Waals surface area contributed by atoms with Crippen LogP contribution in [0.5, 0.6) is 0 Å². The van der Waals surface area contributed by atoms with Gasteiger partial charge in [0.05, 0.1) is 6.04 Å². The molecule has 1 unspecified atom stereocenters. The van der Waals surface area contributed by atoms with Gasteiger partial charge in [0.2, 0.25) is 0 Å². The van der Waals surface area contributed by atoms with Gasteiger partial charge < -0.3 is 5.32 Å². The van der Waals surface area contributed by atoms with Crippen LogP contribution in [0.4, 0.5) is 5.69 Å². The molecule has 3 aromatic rings. The zero-order chi connectivity index (χ0) is 13.8. The van der Waals surface area contributed by atoms with E-state index in [9.17, 15) is 0 Å². The lowest BCUT2D eigenvalue weighted by Gasteiger charge is -2.17. The Kier molecular flexibility index (Phi) is 3.79. The number of nitrogens with zero attached hydrogens (tertiary/aromatic N) is 1. The normalized spacial score (nSPS) is 12.1. The fraction of sp³-hybridized carbons (Fsp3) is 0.118. The standard InChI is InChI=1S/C17H16N2S/c1-13(14-6-4-10-18-12-14)19-16-8-3-2-7-15(16)17-9-5-11-20-17/h2-13,19H,1H3. The van der Waals surface area contributed by atoms with Crippen molar-refractivity contribution in [2.45, 2.75) is 13.0 Å². The van der Waals surface area contributed by atoms with Gasteiger partial charge in [-0.25, -0.2) is 0 Å². The highest BCUT2D eigenvalue weighted by atomic mass is 32.1. The van der Waals surface area contributed by atoms with Gasteiger partial charge in [-0.15, -0.1) is 11.3 Å². The Bertz CT molecular complexity index is 662. The van der Waals surface area contributed by atoms with Crippen molar-refractivity contribution in [2.24, 2.45) is 0 Å². The number of hydrogen-bond acceptors (Lipinski definition) is 3. The van der Waals surface area contributed by atoms with E-state index in [1.54, 1.807) is 17.5 Å². The van der Waals surface area contributed by atoms with Crippen molar-refractivity contribution in [3.63, 3.8) is 0 Å². The van der Waals surface area contributed by atoms with E-state index in [1.165, 1.54) is 16.0 Å². The Morgan fingerprint density at radius 2 is 1.95 bits per heavy atom. The van der Waals surface area contributed by atoms with Crippen LogP contribution in [0.15, 0.2) is 66.3 Å². The van der Waals surface area contributed by atoms with Crippen molar-refractivity contribution in [2.75, 3.05) is 5.32 Å². The number of pyridine rings is 1. The molecule has 0 aliphatic rings. The highest BCUT2D eigenvalue weighted by Gasteiger charge is 2.09. The highest BCUT2D eigenvalue weighted by Crippen LogP contribution is 2.33. The number of nitrogens with one attached hydrogen (secondary N) is 1. The minimum Gasteiger partial charge on any atom is -0.378 e. The molecule has 3 rings (SSSR count). The van der Waals surface area contributed by atoms with Crippen molar-refractivity contribution in [3.8, 4) is 10.4 Å². The molecule has 1 N–H and O–H groups in total. The molecular formula is C17H16N2S. The summed E-state index contributed by atoms with van der Waals surface area (Å²) in [6.07, 6.45) is 3.71. The van der Waals surface area contributed by atoms with Crippen LogP contribution in [-0.4, -0.2) is 4.98 Å². The van der Waals surface area contributed by atoms with Crippen molar-refractivity contribution in [3.05, 3.63) is 71.9 Å². The predicted molar refractivity (Wildman–Crippen MR) is 86.0 cm³/mol. The molecule has 0 saturated heterocycles. The monoisotopic (exact) mass is 280 g/mol. The molecule has 2 heterocycles. The number of hydrogen-bond donors (Lipinski definition) is 1. The Balaban J connectivity index is 1.88.